The Bertz CT molecular complexity index is 561. The molecular weight excluding hydrogens is 318 g/mol. The van der Waals surface area contributed by atoms with Crippen molar-refractivity contribution < 1.29 is 14.3 Å². The second kappa shape index (κ2) is 5.69. The summed E-state index contributed by atoms with van der Waals surface area (Å²) in [6.07, 6.45) is 0. The molecule has 6 heteroatoms. The van der Waals surface area contributed by atoms with Gasteiger partial charge in [-0.3, -0.25) is 0 Å². The van der Waals surface area contributed by atoms with Crippen molar-refractivity contribution >= 4 is 33.2 Å². The zero-order chi connectivity index (χ0) is 13.1. The first kappa shape index (κ1) is 13.3. The van der Waals surface area contributed by atoms with Crippen LogP contribution in [0.1, 0.15) is 26.8 Å². The van der Waals surface area contributed by atoms with Crippen molar-refractivity contribution in [2.24, 2.45) is 0 Å². The van der Waals surface area contributed by atoms with Crippen LogP contribution in [0.5, 0.6) is 0 Å². The van der Waals surface area contributed by atoms with Gasteiger partial charge in [0.1, 0.15) is 5.76 Å². The fraction of sp³-hybridized carbons (Fsp3) is 0.250. The molecule has 0 saturated carbocycles. The van der Waals surface area contributed by atoms with Gasteiger partial charge in [-0.1, -0.05) is 0 Å². The van der Waals surface area contributed by atoms with Gasteiger partial charge in [-0.05, 0) is 41.1 Å². The molecule has 0 saturated heterocycles. The Hall–Kier alpha value is -1.11. The summed E-state index contributed by atoms with van der Waals surface area (Å²) in [5, 5.41) is 12.1. The van der Waals surface area contributed by atoms with Gasteiger partial charge < -0.3 is 14.8 Å². The number of hydrogen-bond acceptors (Lipinski definition) is 4. The Morgan fingerprint density at radius 3 is 2.83 bits per heavy atom. The van der Waals surface area contributed by atoms with Crippen molar-refractivity contribution in [3.8, 4) is 0 Å². The minimum Gasteiger partial charge on any atom is -0.475 e. The summed E-state index contributed by atoms with van der Waals surface area (Å²) in [5.74, 6) is -0.368. The van der Waals surface area contributed by atoms with E-state index in [1.807, 2.05) is 12.1 Å². The van der Waals surface area contributed by atoms with E-state index in [9.17, 15) is 4.79 Å². The Morgan fingerprint density at radius 1 is 1.50 bits per heavy atom. The number of furan rings is 1. The summed E-state index contributed by atoms with van der Waals surface area (Å²) in [6, 6.07) is 5.79. The molecule has 4 nitrogen and oxygen atoms in total. The number of aryl methyl sites for hydroxylation is 1. The van der Waals surface area contributed by atoms with Crippen LogP contribution in [-0.4, -0.2) is 11.1 Å². The van der Waals surface area contributed by atoms with Gasteiger partial charge in [-0.25, -0.2) is 4.79 Å². The first-order chi connectivity index (χ1) is 8.56. The van der Waals surface area contributed by atoms with Crippen LogP contribution in [0, 0.1) is 6.92 Å². The lowest BCUT2D eigenvalue weighted by Crippen LogP contribution is -2.11. The maximum absolute atomic E-state index is 10.8. The normalized spacial score (nSPS) is 10.8. The van der Waals surface area contributed by atoms with Gasteiger partial charge in [0.15, 0.2) is 0 Å². The summed E-state index contributed by atoms with van der Waals surface area (Å²) in [4.78, 5) is 12.0. The number of carboxylic acid groups (broad SMARTS) is 1. The molecule has 0 amide bonds. The van der Waals surface area contributed by atoms with Crippen molar-refractivity contribution in [1.82, 2.24) is 5.32 Å². The van der Waals surface area contributed by atoms with Crippen molar-refractivity contribution in [2.75, 3.05) is 0 Å². The molecule has 2 N–H and O–H groups in total. The second-order valence-electron chi connectivity index (χ2n) is 3.84. The molecule has 0 radical (unpaired) electrons. The quantitative estimate of drug-likeness (QED) is 0.882. The third-order valence-electron chi connectivity index (χ3n) is 2.39. The highest BCUT2D eigenvalue weighted by Crippen LogP contribution is 2.22. The molecule has 18 heavy (non-hydrogen) atoms. The van der Waals surface area contributed by atoms with Gasteiger partial charge >= 0.3 is 5.97 Å². The van der Waals surface area contributed by atoms with E-state index < -0.39 is 5.97 Å². The van der Waals surface area contributed by atoms with Crippen molar-refractivity contribution in [3.63, 3.8) is 0 Å². The van der Waals surface area contributed by atoms with Crippen LogP contribution in [0.15, 0.2) is 26.4 Å². The van der Waals surface area contributed by atoms with E-state index in [4.69, 9.17) is 9.52 Å². The molecule has 0 aliphatic heterocycles. The highest BCUT2D eigenvalue weighted by molar-refractivity contribution is 9.11. The van der Waals surface area contributed by atoms with Crippen molar-refractivity contribution in [3.05, 3.63) is 43.9 Å². The first-order valence-corrected chi connectivity index (χ1v) is 6.94. The third kappa shape index (κ3) is 3.22. The fourth-order valence-corrected chi connectivity index (χ4v) is 3.06. The molecule has 0 bridgehead atoms. The molecular formula is C12H12BrNO3S. The Balaban J connectivity index is 1.90. The van der Waals surface area contributed by atoms with Crippen LogP contribution in [-0.2, 0) is 13.1 Å². The molecule has 0 aromatic carbocycles. The average Bonchev–Trinajstić information content (AvgIpc) is 2.85. The second-order valence-corrected chi connectivity index (χ2v) is 6.39. The van der Waals surface area contributed by atoms with Gasteiger partial charge in [0.05, 0.1) is 10.3 Å². The number of carbonyl (C=O) groups is 1. The summed E-state index contributed by atoms with van der Waals surface area (Å²) in [7, 11) is 0. The van der Waals surface area contributed by atoms with Crippen molar-refractivity contribution in [2.45, 2.75) is 20.0 Å². The van der Waals surface area contributed by atoms with Gasteiger partial charge in [-0.15, -0.1) is 11.3 Å². The molecule has 2 rings (SSSR count). The maximum Gasteiger partial charge on any atom is 0.372 e. The van der Waals surface area contributed by atoms with Crippen molar-refractivity contribution in [1.29, 1.82) is 0 Å². The van der Waals surface area contributed by atoms with Crippen LogP contribution in [0.25, 0.3) is 0 Å². The largest absolute Gasteiger partial charge is 0.475 e. The van der Waals surface area contributed by atoms with E-state index in [0.717, 1.165) is 10.3 Å². The third-order valence-corrected chi connectivity index (χ3v) is 4.01. The minimum atomic E-state index is -1.03. The molecule has 0 unspecified atom stereocenters. The first-order valence-electron chi connectivity index (χ1n) is 5.34. The summed E-state index contributed by atoms with van der Waals surface area (Å²) in [6.45, 7) is 2.98. The van der Waals surface area contributed by atoms with Gasteiger partial charge in [-0.2, -0.15) is 0 Å². The molecule has 0 aliphatic rings. The highest BCUT2D eigenvalue weighted by atomic mass is 79.9. The highest BCUT2D eigenvalue weighted by Gasteiger charge is 2.13. The van der Waals surface area contributed by atoms with E-state index in [1.165, 1.54) is 4.88 Å². The topological polar surface area (TPSA) is 62.5 Å². The lowest BCUT2D eigenvalue weighted by atomic mass is 10.2. The average molecular weight is 330 g/mol. The number of aromatic carboxylic acids is 1. The number of thiophene rings is 1. The van der Waals surface area contributed by atoms with Crippen LogP contribution in [0.3, 0.4) is 0 Å². The van der Waals surface area contributed by atoms with Gasteiger partial charge in [0.2, 0.25) is 5.76 Å². The maximum atomic E-state index is 10.8. The molecule has 0 spiro atoms. The standard InChI is InChI=1S/C12H12BrNO3S/c1-7-4-8(17-11(7)12(15)16)5-14-6-9-2-3-10(13)18-9/h2-4,14H,5-6H2,1H3,(H,15,16). The Morgan fingerprint density at radius 2 is 2.28 bits per heavy atom. The Labute approximate surface area is 117 Å². The van der Waals surface area contributed by atoms with Gasteiger partial charge in [0, 0.05) is 17.0 Å². The summed E-state index contributed by atoms with van der Waals surface area (Å²) < 4.78 is 6.35. The van der Waals surface area contributed by atoms with E-state index in [1.54, 1.807) is 24.3 Å². The summed E-state index contributed by atoms with van der Waals surface area (Å²) in [5.41, 5.74) is 0.651. The number of halogens is 1. The number of nitrogens with one attached hydrogen (secondary N) is 1. The molecule has 2 aromatic heterocycles. The SMILES string of the molecule is Cc1cc(CNCc2ccc(Br)s2)oc1C(=O)O. The van der Waals surface area contributed by atoms with Crippen LogP contribution in [0.2, 0.25) is 0 Å². The monoisotopic (exact) mass is 329 g/mol. The van der Waals surface area contributed by atoms with E-state index in [2.05, 4.69) is 21.2 Å². The lowest BCUT2D eigenvalue weighted by molar-refractivity contribution is 0.0659. The fourth-order valence-electron chi connectivity index (χ4n) is 1.60. The molecule has 96 valence electrons. The smallest absolute Gasteiger partial charge is 0.372 e. The lowest BCUT2D eigenvalue weighted by Gasteiger charge is -1.99. The zero-order valence-electron chi connectivity index (χ0n) is 9.70. The molecule has 0 fully saturated rings. The number of carboxylic acids is 1. The molecule has 2 aromatic rings. The molecule has 2 heterocycles. The predicted octanol–water partition coefficient (Wildman–Crippen LogP) is 3.40. The van der Waals surface area contributed by atoms with Crippen LogP contribution < -0.4 is 5.32 Å². The van der Waals surface area contributed by atoms with E-state index in [-0.39, 0.29) is 5.76 Å². The molecule has 0 aliphatic carbocycles. The zero-order valence-corrected chi connectivity index (χ0v) is 12.1. The Kier molecular flexibility index (Phi) is 4.21. The summed E-state index contributed by atoms with van der Waals surface area (Å²) >= 11 is 5.07. The van der Waals surface area contributed by atoms with E-state index in [0.29, 0.717) is 17.9 Å². The van der Waals surface area contributed by atoms with Gasteiger partial charge in [0.25, 0.3) is 0 Å². The molecule has 0 atom stereocenters. The number of hydrogen-bond donors (Lipinski definition) is 2. The number of rotatable bonds is 5. The minimum absolute atomic E-state index is 0.0191. The van der Waals surface area contributed by atoms with E-state index >= 15 is 0 Å². The van der Waals surface area contributed by atoms with Crippen LogP contribution in [0.4, 0.5) is 0 Å². The van der Waals surface area contributed by atoms with Crippen LogP contribution >= 0.6 is 27.3 Å². The predicted molar refractivity (Wildman–Crippen MR) is 73.0 cm³/mol.